The number of rotatable bonds is 8. The summed E-state index contributed by atoms with van der Waals surface area (Å²) in [5, 5.41) is 9.52. The summed E-state index contributed by atoms with van der Waals surface area (Å²) < 4.78 is 82.4. The maximum atomic E-state index is 13.9. The number of amides is 2. The molecular weight excluding hydrogens is 735 g/mol. The Kier molecular flexibility index (Phi) is 10.6. The minimum Gasteiger partial charge on any atom is -0.356 e. The first kappa shape index (κ1) is 38.3. The van der Waals surface area contributed by atoms with E-state index in [4.69, 9.17) is 33.2 Å². The molecule has 1 saturated heterocycles. The summed E-state index contributed by atoms with van der Waals surface area (Å²) in [7, 11) is 0. The van der Waals surface area contributed by atoms with E-state index in [0.717, 1.165) is 12.8 Å². The Morgan fingerprint density at radius 2 is 1.48 bits per heavy atom. The molecule has 3 N–H and O–H groups in total. The molecule has 2 amide bonds. The number of nitrogens with zero attached hydrogens (tertiary/aromatic N) is 4. The van der Waals surface area contributed by atoms with Crippen LogP contribution < -0.4 is 20.9 Å². The van der Waals surface area contributed by atoms with Crippen LogP contribution in [0.4, 0.5) is 43.8 Å². The second-order valence-corrected chi connectivity index (χ2v) is 15.8. The van der Waals surface area contributed by atoms with Crippen LogP contribution in [0, 0.1) is 17.3 Å². The zero-order chi connectivity index (χ0) is 37.7. The van der Waals surface area contributed by atoms with Crippen LogP contribution in [-0.4, -0.2) is 57.8 Å². The van der Waals surface area contributed by atoms with Gasteiger partial charge in [-0.2, -0.15) is 26.3 Å². The van der Waals surface area contributed by atoms with Gasteiger partial charge in [-0.05, 0) is 69.1 Å². The van der Waals surface area contributed by atoms with Crippen molar-refractivity contribution in [1.29, 1.82) is 0 Å². The summed E-state index contributed by atoms with van der Waals surface area (Å²) in [5.41, 5.74) is 1.14. The molecule has 1 aromatic carbocycles. The number of pyridine rings is 1. The molecule has 0 bridgehead atoms. The lowest BCUT2D eigenvalue weighted by molar-refractivity contribution is -0.182. The van der Waals surface area contributed by atoms with Gasteiger partial charge in [0.05, 0.1) is 33.1 Å². The molecule has 52 heavy (non-hydrogen) atoms. The first-order valence-corrected chi connectivity index (χ1v) is 18.2. The van der Waals surface area contributed by atoms with E-state index < -0.39 is 41.6 Å². The number of benzene rings is 1. The van der Waals surface area contributed by atoms with Gasteiger partial charge in [-0.15, -0.1) is 0 Å². The van der Waals surface area contributed by atoms with Crippen molar-refractivity contribution in [3.63, 3.8) is 0 Å². The minimum atomic E-state index is -4.35. The van der Waals surface area contributed by atoms with Crippen LogP contribution in [0.3, 0.4) is 0 Å². The smallest absolute Gasteiger partial charge is 0.356 e. The van der Waals surface area contributed by atoms with Crippen LogP contribution in [0.15, 0.2) is 18.2 Å². The average Bonchev–Trinajstić information content (AvgIpc) is 3.84. The lowest BCUT2D eigenvalue weighted by atomic mass is 9.85. The molecule has 3 aromatic rings. The highest BCUT2D eigenvalue weighted by atomic mass is 35.5. The predicted molar refractivity (Wildman–Crippen MR) is 187 cm³/mol. The van der Waals surface area contributed by atoms with Gasteiger partial charge in [-0.25, -0.2) is 9.97 Å². The Hall–Kier alpha value is -3.46. The molecule has 0 atom stereocenters. The van der Waals surface area contributed by atoms with Gasteiger partial charge in [0.25, 0.3) is 5.91 Å². The van der Waals surface area contributed by atoms with Gasteiger partial charge >= 0.3 is 12.4 Å². The summed E-state index contributed by atoms with van der Waals surface area (Å²) in [6.45, 7) is 5.54. The van der Waals surface area contributed by atoms with Crippen LogP contribution in [-0.2, 0) is 11.3 Å². The zero-order valence-corrected chi connectivity index (χ0v) is 30.5. The van der Waals surface area contributed by atoms with Crippen molar-refractivity contribution in [2.24, 2.45) is 17.3 Å². The van der Waals surface area contributed by atoms with Crippen LogP contribution >= 0.6 is 23.2 Å². The number of piperidine rings is 1. The molecule has 9 nitrogen and oxygen atoms in total. The van der Waals surface area contributed by atoms with E-state index in [1.807, 2.05) is 4.57 Å². The molecule has 0 radical (unpaired) electrons. The van der Waals surface area contributed by atoms with Crippen molar-refractivity contribution in [2.45, 2.75) is 103 Å². The van der Waals surface area contributed by atoms with E-state index in [9.17, 15) is 35.9 Å². The minimum absolute atomic E-state index is 0.00604. The van der Waals surface area contributed by atoms with Crippen molar-refractivity contribution in [2.75, 3.05) is 23.3 Å². The second-order valence-electron chi connectivity index (χ2n) is 15.1. The van der Waals surface area contributed by atoms with Gasteiger partial charge in [0, 0.05) is 37.1 Å². The standard InChI is InChI=1S/C35H41Cl2F6N7O2/c1-33(2,3)31(52)44-17-18-4-11-24(36)27(26(18)37)47-32-46-25-16-23(30(51)45-21-7-5-19(6-8-21)34(38,39)40)28(48-29(25)50(32)22-9-10-22)49-14-12-20(13-15-49)35(41,42)43/h4,11,16,19-22H,5-10,12-15,17H2,1-3H3,(H,44,52)(H,45,51)(H,46,47). The summed E-state index contributed by atoms with van der Waals surface area (Å²) in [4.78, 5) is 37.7. The van der Waals surface area contributed by atoms with Gasteiger partial charge in [0.2, 0.25) is 11.9 Å². The van der Waals surface area contributed by atoms with Crippen LogP contribution in [0.25, 0.3) is 11.2 Å². The normalized spacial score (nSPS) is 20.6. The summed E-state index contributed by atoms with van der Waals surface area (Å²) in [6, 6.07) is 4.37. The lowest BCUT2D eigenvalue weighted by Crippen LogP contribution is -2.42. The monoisotopic (exact) mass is 775 g/mol. The number of carbonyl (C=O) groups excluding carboxylic acids is 2. The second kappa shape index (κ2) is 14.4. The van der Waals surface area contributed by atoms with Crippen LogP contribution in [0.2, 0.25) is 10.0 Å². The highest BCUT2D eigenvalue weighted by Gasteiger charge is 2.43. The van der Waals surface area contributed by atoms with Crippen LogP contribution in [0.5, 0.6) is 0 Å². The maximum Gasteiger partial charge on any atom is 0.391 e. The van der Waals surface area contributed by atoms with Crippen molar-refractivity contribution >= 4 is 63.6 Å². The highest BCUT2D eigenvalue weighted by Crippen LogP contribution is 2.44. The van der Waals surface area contributed by atoms with Gasteiger partial charge in [-0.3, -0.25) is 14.2 Å². The highest BCUT2D eigenvalue weighted by molar-refractivity contribution is 6.39. The fourth-order valence-electron chi connectivity index (χ4n) is 6.83. The lowest BCUT2D eigenvalue weighted by Gasteiger charge is -2.35. The number of halogens is 8. The maximum absolute atomic E-state index is 13.9. The fourth-order valence-corrected chi connectivity index (χ4v) is 7.36. The number of imidazole rings is 1. The third-order valence-electron chi connectivity index (χ3n) is 10.1. The third-order valence-corrected chi connectivity index (χ3v) is 10.9. The molecular formula is C35H41Cl2F6N7O2. The Balaban J connectivity index is 1.34. The van der Waals surface area contributed by atoms with E-state index in [1.165, 1.54) is 6.07 Å². The largest absolute Gasteiger partial charge is 0.391 e. The first-order valence-electron chi connectivity index (χ1n) is 17.5. The predicted octanol–water partition coefficient (Wildman–Crippen LogP) is 9.11. The summed E-state index contributed by atoms with van der Waals surface area (Å²) in [6.07, 6.45) is -7.33. The first-order chi connectivity index (χ1) is 24.3. The number of alkyl halides is 6. The zero-order valence-electron chi connectivity index (χ0n) is 28.9. The molecule has 284 valence electrons. The summed E-state index contributed by atoms with van der Waals surface area (Å²) in [5.74, 6) is -3.13. The van der Waals surface area contributed by atoms with Crippen LogP contribution in [0.1, 0.15) is 94.1 Å². The molecule has 2 aromatic heterocycles. The van der Waals surface area contributed by atoms with Gasteiger partial charge in [-0.1, -0.05) is 50.0 Å². The number of carbonyl (C=O) groups is 2. The fraction of sp³-hybridized carbons (Fsp3) is 0.600. The van der Waals surface area contributed by atoms with E-state index >= 15 is 0 Å². The molecule has 0 spiro atoms. The quantitative estimate of drug-likeness (QED) is 0.197. The molecule has 0 unspecified atom stereocenters. The molecule has 6 rings (SSSR count). The number of anilines is 3. The Labute approximate surface area is 307 Å². The number of aromatic nitrogens is 3. The molecule has 17 heteroatoms. The number of fused-ring (bicyclic) bond motifs is 1. The molecule has 3 heterocycles. The van der Waals surface area contributed by atoms with Gasteiger partial charge in [0.1, 0.15) is 11.3 Å². The number of hydrogen-bond donors (Lipinski definition) is 3. The van der Waals surface area contributed by atoms with Crippen molar-refractivity contribution < 1.29 is 35.9 Å². The van der Waals surface area contributed by atoms with Crippen molar-refractivity contribution in [3.8, 4) is 0 Å². The van der Waals surface area contributed by atoms with E-state index in [0.29, 0.717) is 28.4 Å². The number of nitrogens with one attached hydrogen (secondary N) is 3. The topological polar surface area (TPSA) is 104 Å². The van der Waals surface area contributed by atoms with E-state index in [1.54, 1.807) is 37.8 Å². The summed E-state index contributed by atoms with van der Waals surface area (Å²) >= 11 is 13.4. The van der Waals surface area contributed by atoms with E-state index in [2.05, 4.69) is 16.0 Å². The molecule has 1 aliphatic heterocycles. The third kappa shape index (κ3) is 8.35. The molecule has 2 aliphatic carbocycles. The van der Waals surface area contributed by atoms with Gasteiger partial charge < -0.3 is 20.9 Å². The SMILES string of the molecule is CC(C)(C)C(=O)NCc1ccc(Cl)c(Nc2nc3cc(C(=O)NC4CCC(C(F)(F)F)CC4)c(N4CCC(C(F)(F)F)CC4)nc3n2C2CC2)c1Cl. The van der Waals surface area contributed by atoms with E-state index in [-0.39, 0.29) is 91.5 Å². The number of hydrogen-bond acceptors (Lipinski definition) is 6. The Bertz CT molecular complexity index is 1820. The molecule has 2 saturated carbocycles. The Morgan fingerprint density at radius 1 is 0.865 bits per heavy atom. The average molecular weight is 777 g/mol. The molecule has 3 fully saturated rings. The van der Waals surface area contributed by atoms with Crippen molar-refractivity contribution in [1.82, 2.24) is 25.2 Å². The molecule has 3 aliphatic rings. The van der Waals surface area contributed by atoms with Crippen molar-refractivity contribution in [3.05, 3.63) is 39.4 Å². The van der Waals surface area contributed by atoms with Gasteiger partial charge in [0.15, 0.2) is 5.65 Å². The Morgan fingerprint density at radius 3 is 2.06 bits per heavy atom.